The molecule has 0 spiro atoms. The molecule has 0 aliphatic carbocycles. The summed E-state index contributed by atoms with van der Waals surface area (Å²) < 4.78 is 37.4. The second-order valence-electron chi connectivity index (χ2n) is 3.60. The molecule has 6 heteroatoms. The van der Waals surface area contributed by atoms with Crippen molar-refractivity contribution in [3.63, 3.8) is 0 Å². The lowest BCUT2D eigenvalue weighted by Gasteiger charge is -2.07. The molecule has 0 bridgehead atoms. The molecule has 90 valence electrons. The third kappa shape index (κ3) is 2.15. The summed E-state index contributed by atoms with van der Waals surface area (Å²) in [7, 11) is 0. The fraction of sp³-hybridized carbons (Fsp3) is 0.273. The van der Waals surface area contributed by atoms with Gasteiger partial charge in [-0.25, -0.2) is 4.98 Å². The van der Waals surface area contributed by atoms with E-state index in [0.717, 1.165) is 12.1 Å². The van der Waals surface area contributed by atoms with Gasteiger partial charge in [-0.2, -0.15) is 13.2 Å². The maximum atomic E-state index is 12.5. The second-order valence-corrected chi connectivity index (χ2v) is 3.60. The van der Waals surface area contributed by atoms with Crippen LogP contribution in [0.2, 0.25) is 0 Å². The number of alkyl halides is 3. The lowest BCUT2D eigenvalue weighted by atomic mass is 10.1. The number of nitrogens with one attached hydrogen (secondary N) is 1. The average Bonchev–Trinajstić information content (AvgIpc) is 2.27. The zero-order valence-electron chi connectivity index (χ0n) is 8.93. The minimum Gasteiger partial charge on any atom is -0.310 e. The van der Waals surface area contributed by atoms with E-state index in [1.807, 2.05) is 0 Å². The number of hydrogen-bond donors (Lipinski definition) is 1. The van der Waals surface area contributed by atoms with Crippen molar-refractivity contribution >= 4 is 10.9 Å². The predicted molar refractivity (Wildman–Crippen MR) is 56.7 cm³/mol. The van der Waals surface area contributed by atoms with Crippen molar-refractivity contribution in [3.05, 3.63) is 39.9 Å². The molecule has 0 amide bonds. The number of benzene rings is 1. The Kier molecular flexibility index (Phi) is 2.65. The number of halogens is 3. The number of nitrogens with zero attached hydrogens (tertiary/aromatic N) is 1. The Bertz CT molecular complexity index is 616. The monoisotopic (exact) mass is 242 g/mol. The summed E-state index contributed by atoms with van der Waals surface area (Å²) in [5, 5.41) is -0.0444. The molecule has 1 heterocycles. The molecule has 0 unspecified atom stereocenters. The van der Waals surface area contributed by atoms with Gasteiger partial charge in [-0.3, -0.25) is 4.79 Å². The zero-order chi connectivity index (χ0) is 12.6. The topological polar surface area (TPSA) is 45.8 Å². The van der Waals surface area contributed by atoms with E-state index in [2.05, 4.69) is 9.97 Å². The molecule has 0 saturated carbocycles. The van der Waals surface area contributed by atoms with Crippen LogP contribution in [0.3, 0.4) is 0 Å². The first kappa shape index (κ1) is 11.6. The highest BCUT2D eigenvalue weighted by molar-refractivity contribution is 5.78. The molecular formula is C11H9F3N2O. The first-order valence-corrected chi connectivity index (χ1v) is 5.02. The molecule has 0 aliphatic rings. The van der Waals surface area contributed by atoms with Gasteiger partial charge < -0.3 is 4.98 Å². The molecule has 1 N–H and O–H groups in total. The molecule has 0 aliphatic heterocycles. The smallest absolute Gasteiger partial charge is 0.310 e. The molecule has 2 rings (SSSR count). The fourth-order valence-electron chi connectivity index (χ4n) is 1.53. The number of rotatable bonds is 1. The van der Waals surface area contributed by atoms with Crippen LogP contribution < -0.4 is 5.56 Å². The maximum Gasteiger partial charge on any atom is 0.416 e. The summed E-state index contributed by atoms with van der Waals surface area (Å²) in [6.07, 6.45) is -3.93. The predicted octanol–water partition coefficient (Wildman–Crippen LogP) is 2.50. The Hall–Kier alpha value is -1.85. The quantitative estimate of drug-likeness (QED) is 0.835. The molecule has 1 aromatic heterocycles. The molecular weight excluding hydrogens is 233 g/mol. The maximum absolute atomic E-state index is 12.5. The van der Waals surface area contributed by atoms with Gasteiger partial charge in [0.2, 0.25) is 0 Å². The Morgan fingerprint density at radius 1 is 1.35 bits per heavy atom. The van der Waals surface area contributed by atoms with E-state index in [1.54, 1.807) is 6.92 Å². The van der Waals surface area contributed by atoms with Gasteiger partial charge in [0, 0.05) is 6.42 Å². The summed E-state index contributed by atoms with van der Waals surface area (Å²) in [5.41, 5.74) is -1.11. The van der Waals surface area contributed by atoms with Crippen molar-refractivity contribution in [2.45, 2.75) is 19.5 Å². The highest BCUT2D eigenvalue weighted by Gasteiger charge is 2.30. The average molecular weight is 242 g/mol. The highest BCUT2D eigenvalue weighted by Crippen LogP contribution is 2.30. The Morgan fingerprint density at radius 2 is 2.06 bits per heavy atom. The normalized spacial score (nSPS) is 12.0. The standard InChI is InChI=1S/C11H9F3N2O/c1-2-9-15-8-4-3-6(11(12,13)14)5-7(8)10(17)16-9/h3-5H,2H2,1H3,(H,15,16,17). The summed E-state index contributed by atoms with van der Waals surface area (Å²) in [4.78, 5) is 18.1. The van der Waals surface area contributed by atoms with Crippen LogP contribution in [0, 0.1) is 0 Å². The van der Waals surface area contributed by atoms with Crippen molar-refractivity contribution in [1.82, 2.24) is 9.97 Å². The van der Waals surface area contributed by atoms with E-state index >= 15 is 0 Å². The van der Waals surface area contributed by atoms with E-state index < -0.39 is 17.3 Å². The van der Waals surface area contributed by atoms with Gasteiger partial charge in [0.25, 0.3) is 5.56 Å². The minimum atomic E-state index is -4.45. The highest BCUT2D eigenvalue weighted by atomic mass is 19.4. The number of aromatic nitrogens is 2. The fourth-order valence-corrected chi connectivity index (χ4v) is 1.53. The van der Waals surface area contributed by atoms with E-state index in [0.29, 0.717) is 12.2 Å². The van der Waals surface area contributed by atoms with Crippen LogP contribution in [-0.2, 0) is 12.6 Å². The van der Waals surface area contributed by atoms with Crippen LogP contribution in [0.5, 0.6) is 0 Å². The molecule has 0 saturated heterocycles. The van der Waals surface area contributed by atoms with Crippen molar-refractivity contribution in [1.29, 1.82) is 0 Å². The third-order valence-electron chi connectivity index (χ3n) is 2.42. The molecule has 3 nitrogen and oxygen atoms in total. The minimum absolute atomic E-state index is 0.0444. The lowest BCUT2D eigenvalue weighted by Crippen LogP contribution is -2.13. The Morgan fingerprint density at radius 3 is 2.65 bits per heavy atom. The van der Waals surface area contributed by atoms with Gasteiger partial charge in [0.15, 0.2) is 0 Å². The largest absolute Gasteiger partial charge is 0.416 e. The molecule has 0 fully saturated rings. The number of fused-ring (bicyclic) bond motifs is 1. The number of H-pyrrole nitrogens is 1. The summed E-state index contributed by atoms with van der Waals surface area (Å²) in [6.45, 7) is 1.80. The number of aryl methyl sites for hydroxylation is 1. The number of aromatic amines is 1. The molecule has 0 atom stereocenters. The summed E-state index contributed by atoms with van der Waals surface area (Å²) >= 11 is 0. The number of hydrogen-bond acceptors (Lipinski definition) is 2. The molecule has 1 aromatic carbocycles. The van der Waals surface area contributed by atoms with Crippen LogP contribution in [0.25, 0.3) is 10.9 Å². The van der Waals surface area contributed by atoms with Crippen LogP contribution in [-0.4, -0.2) is 9.97 Å². The molecule has 2 aromatic rings. The van der Waals surface area contributed by atoms with Crippen LogP contribution in [0.15, 0.2) is 23.0 Å². The van der Waals surface area contributed by atoms with Gasteiger partial charge in [-0.05, 0) is 18.2 Å². The van der Waals surface area contributed by atoms with Crippen molar-refractivity contribution < 1.29 is 13.2 Å². The zero-order valence-corrected chi connectivity index (χ0v) is 8.93. The first-order chi connectivity index (χ1) is 7.91. The van der Waals surface area contributed by atoms with Gasteiger partial charge in [-0.15, -0.1) is 0 Å². The first-order valence-electron chi connectivity index (χ1n) is 5.02. The van der Waals surface area contributed by atoms with Gasteiger partial charge >= 0.3 is 6.18 Å². The van der Waals surface area contributed by atoms with E-state index in [4.69, 9.17) is 0 Å². The van der Waals surface area contributed by atoms with E-state index in [9.17, 15) is 18.0 Å². The van der Waals surface area contributed by atoms with E-state index in [-0.39, 0.29) is 10.9 Å². The van der Waals surface area contributed by atoms with Crippen molar-refractivity contribution in [3.8, 4) is 0 Å². The lowest BCUT2D eigenvalue weighted by molar-refractivity contribution is -0.137. The SMILES string of the molecule is CCc1nc2ccc(C(F)(F)F)cc2c(=O)[nH]1. The Balaban J connectivity index is 2.71. The van der Waals surface area contributed by atoms with Crippen LogP contribution in [0.1, 0.15) is 18.3 Å². The van der Waals surface area contributed by atoms with Crippen LogP contribution in [0.4, 0.5) is 13.2 Å². The van der Waals surface area contributed by atoms with Crippen molar-refractivity contribution in [2.75, 3.05) is 0 Å². The van der Waals surface area contributed by atoms with Gasteiger partial charge in [0.1, 0.15) is 5.82 Å². The molecule has 17 heavy (non-hydrogen) atoms. The van der Waals surface area contributed by atoms with E-state index in [1.165, 1.54) is 6.07 Å². The van der Waals surface area contributed by atoms with Crippen molar-refractivity contribution in [2.24, 2.45) is 0 Å². The van der Waals surface area contributed by atoms with Gasteiger partial charge in [0.05, 0.1) is 16.5 Å². The molecule has 0 radical (unpaired) electrons. The van der Waals surface area contributed by atoms with Crippen LogP contribution >= 0.6 is 0 Å². The Labute approximate surface area is 94.3 Å². The van der Waals surface area contributed by atoms with Gasteiger partial charge in [-0.1, -0.05) is 6.92 Å². The summed E-state index contributed by atoms with van der Waals surface area (Å²) in [6, 6.07) is 2.96. The third-order valence-corrected chi connectivity index (χ3v) is 2.42. The second kappa shape index (κ2) is 3.87. The summed E-state index contributed by atoms with van der Waals surface area (Å²) in [5.74, 6) is 0.460.